The van der Waals surface area contributed by atoms with E-state index in [0.29, 0.717) is 34.6 Å². The molecule has 0 saturated carbocycles. The summed E-state index contributed by atoms with van der Waals surface area (Å²) in [6.45, 7) is 3.08. The number of nitrogens with zero attached hydrogens (tertiary/aromatic N) is 5. The van der Waals surface area contributed by atoms with Gasteiger partial charge in [-0.3, -0.25) is 4.72 Å². The third-order valence-corrected chi connectivity index (χ3v) is 7.42. The minimum Gasteiger partial charge on any atom is -0.361 e. The number of nitriles is 2. The Morgan fingerprint density at radius 3 is 2.89 bits per heavy atom. The van der Waals surface area contributed by atoms with Gasteiger partial charge in [0, 0.05) is 30.9 Å². The minimum absolute atomic E-state index is 0.0486. The first-order valence-corrected chi connectivity index (χ1v) is 10.7. The Morgan fingerprint density at radius 2 is 2.18 bits per heavy atom. The van der Waals surface area contributed by atoms with E-state index in [-0.39, 0.29) is 16.1 Å². The van der Waals surface area contributed by atoms with Crippen LogP contribution in [0.3, 0.4) is 0 Å². The number of pyridine rings is 1. The lowest BCUT2D eigenvalue weighted by Gasteiger charge is -2.13. The summed E-state index contributed by atoms with van der Waals surface area (Å²) in [5, 5.41) is 19.6. The van der Waals surface area contributed by atoms with Gasteiger partial charge in [0.2, 0.25) is 4.34 Å². The van der Waals surface area contributed by atoms with E-state index < -0.39 is 10.0 Å². The molecular weight excluding hydrogens is 398 g/mol. The van der Waals surface area contributed by atoms with Crippen LogP contribution in [-0.4, -0.2) is 36.5 Å². The molecule has 3 aromatic heterocycles. The van der Waals surface area contributed by atoms with Crippen molar-refractivity contribution in [1.82, 2.24) is 15.0 Å². The average molecular weight is 413 g/mol. The van der Waals surface area contributed by atoms with Crippen LogP contribution in [0.15, 0.2) is 22.9 Å². The van der Waals surface area contributed by atoms with Crippen LogP contribution in [0.1, 0.15) is 17.5 Å². The second-order valence-electron chi connectivity index (χ2n) is 6.48. The van der Waals surface area contributed by atoms with Gasteiger partial charge < -0.3 is 9.88 Å². The topological polar surface area (TPSA) is 139 Å². The summed E-state index contributed by atoms with van der Waals surface area (Å²) in [7, 11) is -3.94. The van der Waals surface area contributed by atoms with Crippen molar-refractivity contribution < 1.29 is 8.42 Å². The molecule has 4 rings (SSSR count). The van der Waals surface area contributed by atoms with Crippen molar-refractivity contribution in [2.75, 3.05) is 22.7 Å². The zero-order valence-corrected chi connectivity index (χ0v) is 16.4. The van der Waals surface area contributed by atoms with Crippen LogP contribution < -0.4 is 9.62 Å². The summed E-state index contributed by atoms with van der Waals surface area (Å²) in [5.74, 6) is 0.0668. The first kappa shape index (κ1) is 18.2. The zero-order chi connectivity index (χ0) is 19.9. The number of anilines is 2. The maximum absolute atomic E-state index is 12.8. The number of H-pyrrole nitrogens is 1. The molecule has 4 heterocycles. The Hall–Kier alpha value is -3.15. The lowest BCUT2D eigenvalue weighted by Crippen LogP contribution is -2.17. The van der Waals surface area contributed by atoms with E-state index in [9.17, 15) is 13.7 Å². The van der Waals surface area contributed by atoms with E-state index in [2.05, 4.69) is 31.8 Å². The van der Waals surface area contributed by atoms with E-state index in [1.54, 1.807) is 6.92 Å². The molecule has 1 fully saturated rings. The third kappa shape index (κ3) is 3.05. The number of fused-ring (bicyclic) bond motifs is 1. The number of aromatic nitrogens is 3. The SMILES string of the molecule is Cc1cnc(NS(=O)(=O)c2ncc(N3CCC(C#N)C3)s2)c2[nH]cc(C#N)c12. The molecule has 3 aromatic rings. The zero-order valence-electron chi connectivity index (χ0n) is 14.8. The summed E-state index contributed by atoms with van der Waals surface area (Å²) < 4.78 is 28.0. The Labute approximate surface area is 165 Å². The Kier molecular flexibility index (Phi) is 4.41. The van der Waals surface area contributed by atoms with Gasteiger partial charge in [0.15, 0.2) is 5.82 Å². The van der Waals surface area contributed by atoms with E-state index in [0.717, 1.165) is 23.3 Å². The lowest BCUT2D eigenvalue weighted by atomic mass is 10.1. The molecule has 11 heteroatoms. The van der Waals surface area contributed by atoms with Crippen molar-refractivity contribution in [3.63, 3.8) is 0 Å². The number of nitrogens with one attached hydrogen (secondary N) is 2. The van der Waals surface area contributed by atoms with Gasteiger partial charge in [0.25, 0.3) is 10.0 Å². The van der Waals surface area contributed by atoms with E-state index >= 15 is 0 Å². The highest BCUT2D eigenvalue weighted by atomic mass is 32.2. The Balaban J connectivity index is 1.64. The fourth-order valence-electron chi connectivity index (χ4n) is 3.23. The van der Waals surface area contributed by atoms with Crippen LogP contribution in [0, 0.1) is 35.5 Å². The molecule has 1 aliphatic heterocycles. The molecular formula is C17H15N7O2S2. The number of rotatable bonds is 4. The number of thiazole rings is 1. The standard InChI is InChI=1S/C17H15N7O2S2/c1-10-6-21-16(15-14(10)12(5-19)7-20-15)23-28(25,26)17-22-8-13(27-17)24-3-2-11(4-18)9-24/h6-8,11,20H,2-3,9H2,1H3,(H,21,23). The molecule has 0 radical (unpaired) electrons. The van der Waals surface area contributed by atoms with Crippen LogP contribution in [0.4, 0.5) is 10.8 Å². The predicted molar refractivity (Wildman–Crippen MR) is 104 cm³/mol. The molecule has 0 spiro atoms. The maximum atomic E-state index is 12.8. The molecule has 28 heavy (non-hydrogen) atoms. The Bertz CT molecular complexity index is 1250. The van der Waals surface area contributed by atoms with Crippen molar-refractivity contribution in [3.8, 4) is 12.1 Å². The van der Waals surface area contributed by atoms with Crippen LogP contribution in [-0.2, 0) is 10.0 Å². The highest BCUT2D eigenvalue weighted by Gasteiger charge is 2.27. The first-order valence-electron chi connectivity index (χ1n) is 8.43. The van der Waals surface area contributed by atoms with Gasteiger partial charge in [-0.05, 0) is 18.9 Å². The normalized spacial score (nSPS) is 16.8. The fraction of sp³-hybridized carbons (Fsp3) is 0.294. The molecule has 1 aliphatic rings. The summed E-state index contributed by atoms with van der Waals surface area (Å²) in [5.41, 5.74) is 1.65. The van der Waals surface area contributed by atoms with Crippen LogP contribution in [0.5, 0.6) is 0 Å². The molecule has 0 bridgehead atoms. The smallest absolute Gasteiger partial charge is 0.290 e. The second-order valence-corrected chi connectivity index (χ2v) is 9.35. The Morgan fingerprint density at radius 1 is 1.36 bits per heavy atom. The minimum atomic E-state index is -3.94. The number of aromatic amines is 1. The highest BCUT2D eigenvalue weighted by molar-refractivity contribution is 7.94. The van der Waals surface area contributed by atoms with Crippen LogP contribution in [0.25, 0.3) is 10.9 Å². The van der Waals surface area contributed by atoms with Crippen molar-refractivity contribution in [1.29, 1.82) is 10.5 Å². The van der Waals surface area contributed by atoms with Crippen molar-refractivity contribution in [3.05, 3.63) is 29.7 Å². The van der Waals surface area contributed by atoms with Gasteiger partial charge >= 0.3 is 0 Å². The molecule has 1 saturated heterocycles. The maximum Gasteiger partial charge on any atom is 0.290 e. The summed E-state index contributed by atoms with van der Waals surface area (Å²) in [6, 6.07) is 4.32. The molecule has 0 aliphatic carbocycles. The van der Waals surface area contributed by atoms with Crippen molar-refractivity contribution >= 4 is 43.1 Å². The molecule has 1 atom stereocenters. The summed E-state index contributed by atoms with van der Waals surface area (Å²) in [6.07, 6.45) is 5.32. The largest absolute Gasteiger partial charge is 0.361 e. The van der Waals surface area contributed by atoms with Gasteiger partial charge in [0.05, 0.1) is 29.3 Å². The molecule has 0 amide bonds. The highest BCUT2D eigenvalue weighted by Crippen LogP contribution is 2.32. The number of hydrogen-bond donors (Lipinski definition) is 2. The first-order chi connectivity index (χ1) is 13.4. The average Bonchev–Trinajstić information content (AvgIpc) is 3.42. The molecule has 9 nitrogen and oxygen atoms in total. The fourth-order valence-corrected chi connectivity index (χ4v) is 5.43. The van der Waals surface area contributed by atoms with Gasteiger partial charge in [-0.15, -0.1) is 0 Å². The van der Waals surface area contributed by atoms with Gasteiger partial charge in [0.1, 0.15) is 11.1 Å². The van der Waals surface area contributed by atoms with E-state index in [1.165, 1.54) is 18.6 Å². The van der Waals surface area contributed by atoms with Gasteiger partial charge in [-0.1, -0.05) is 11.3 Å². The summed E-state index contributed by atoms with van der Waals surface area (Å²) >= 11 is 1.05. The van der Waals surface area contributed by atoms with E-state index in [1.807, 2.05) is 4.90 Å². The molecule has 1 unspecified atom stereocenters. The lowest BCUT2D eigenvalue weighted by molar-refractivity contribution is 0.600. The van der Waals surface area contributed by atoms with Crippen molar-refractivity contribution in [2.24, 2.45) is 5.92 Å². The monoisotopic (exact) mass is 413 g/mol. The number of sulfonamides is 1. The molecule has 0 aromatic carbocycles. The number of aryl methyl sites for hydroxylation is 1. The summed E-state index contributed by atoms with van der Waals surface area (Å²) in [4.78, 5) is 13.1. The predicted octanol–water partition coefficient (Wildman–Crippen LogP) is 2.35. The van der Waals surface area contributed by atoms with Crippen LogP contribution >= 0.6 is 11.3 Å². The van der Waals surface area contributed by atoms with Crippen molar-refractivity contribution in [2.45, 2.75) is 17.7 Å². The number of hydrogen-bond acceptors (Lipinski definition) is 8. The van der Waals surface area contributed by atoms with Crippen LogP contribution in [0.2, 0.25) is 0 Å². The quantitative estimate of drug-likeness (QED) is 0.669. The second kappa shape index (κ2) is 6.78. The van der Waals surface area contributed by atoms with E-state index in [4.69, 9.17) is 5.26 Å². The molecule has 142 valence electrons. The van der Waals surface area contributed by atoms with Gasteiger partial charge in [-0.25, -0.2) is 9.97 Å². The van der Waals surface area contributed by atoms with Gasteiger partial charge in [-0.2, -0.15) is 18.9 Å². The molecule has 2 N–H and O–H groups in total. The third-order valence-electron chi connectivity index (χ3n) is 4.63.